The van der Waals surface area contributed by atoms with Crippen molar-refractivity contribution < 1.29 is 0 Å². The fourth-order valence-electron chi connectivity index (χ4n) is 2.46. The van der Waals surface area contributed by atoms with Gasteiger partial charge in [0.15, 0.2) is 0 Å². The van der Waals surface area contributed by atoms with Gasteiger partial charge in [0.2, 0.25) is 5.95 Å². The molecule has 0 bridgehead atoms. The summed E-state index contributed by atoms with van der Waals surface area (Å²) in [5.41, 5.74) is 7.60. The molecule has 1 fully saturated rings. The van der Waals surface area contributed by atoms with E-state index in [4.69, 9.17) is 5.73 Å². The van der Waals surface area contributed by atoms with E-state index in [9.17, 15) is 5.26 Å². The van der Waals surface area contributed by atoms with E-state index in [0.717, 1.165) is 31.7 Å². The van der Waals surface area contributed by atoms with Gasteiger partial charge in [-0.25, -0.2) is 4.98 Å². The highest BCUT2D eigenvalue weighted by atomic mass is 15.3. The second-order valence-electron chi connectivity index (χ2n) is 4.81. The third-order valence-electron chi connectivity index (χ3n) is 3.48. The molecule has 0 aliphatic carbocycles. The van der Waals surface area contributed by atoms with E-state index in [1.54, 1.807) is 13.2 Å². The monoisotopic (exact) mass is 269 g/mol. The zero-order chi connectivity index (χ0) is 14.1. The minimum Gasteiger partial charge on any atom is -0.368 e. The number of nitrogens with zero attached hydrogens (tertiary/aromatic N) is 6. The van der Waals surface area contributed by atoms with Crippen molar-refractivity contribution in [1.82, 2.24) is 19.7 Å². The zero-order valence-corrected chi connectivity index (χ0v) is 11.2. The molecule has 0 spiro atoms. The van der Waals surface area contributed by atoms with Crippen LogP contribution in [0.4, 0.5) is 11.8 Å². The quantitative estimate of drug-likeness (QED) is 0.871. The lowest BCUT2D eigenvalue weighted by Crippen LogP contribution is -2.19. The minimum atomic E-state index is 0.220. The Hall–Kier alpha value is -2.62. The Bertz CT molecular complexity index is 677. The largest absolute Gasteiger partial charge is 0.368 e. The lowest BCUT2D eigenvalue weighted by Gasteiger charge is -2.17. The van der Waals surface area contributed by atoms with Gasteiger partial charge in [-0.15, -0.1) is 0 Å². The third kappa shape index (κ3) is 2.05. The van der Waals surface area contributed by atoms with Gasteiger partial charge in [-0.3, -0.25) is 4.68 Å². The van der Waals surface area contributed by atoms with Crippen molar-refractivity contribution in [3.8, 4) is 17.3 Å². The van der Waals surface area contributed by atoms with Crippen LogP contribution in [-0.4, -0.2) is 32.8 Å². The van der Waals surface area contributed by atoms with Crippen molar-refractivity contribution in [2.75, 3.05) is 23.7 Å². The zero-order valence-electron chi connectivity index (χ0n) is 11.2. The molecule has 3 heterocycles. The Morgan fingerprint density at radius 3 is 2.75 bits per heavy atom. The van der Waals surface area contributed by atoms with E-state index in [2.05, 4.69) is 26.0 Å². The SMILES string of the molecule is Cn1ncc(-c2cc(N3CCCC3)nc(N)n2)c1C#N. The summed E-state index contributed by atoms with van der Waals surface area (Å²) in [5, 5.41) is 13.3. The molecule has 0 unspecified atom stereocenters. The lowest BCUT2D eigenvalue weighted by atomic mass is 10.2. The maximum Gasteiger partial charge on any atom is 0.222 e. The van der Waals surface area contributed by atoms with Crippen LogP contribution in [-0.2, 0) is 7.05 Å². The first-order chi connectivity index (χ1) is 9.69. The van der Waals surface area contributed by atoms with Crippen molar-refractivity contribution >= 4 is 11.8 Å². The Balaban J connectivity index is 2.07. The molecule has 102 valence electrons. The van der Waals surface area contributed by atoms with E-state index < -0.39 is 0 Å². The average Bonchev–Trinajstić information content (AvgIpc) is 3.06. The van der Waals surface area contributed by atoms with Crippen molar-refractivity contribution in [3.05, 3.63) is 18.0 Å². The van der Waals surface area contributed by atoms with Gasteiger partial charge in [-0.05, 0) is 12.8 Å². The Morgan fingerprint density at radius 1 is 1.30 bits per heavy atom. The molecule has 3 rings (SSSR count). The summed E-state index contributed by atoms with van der Waals surface area (Å²) >= 11 is 0. The molecule has 7 heteroatoms. The fourth-order valence-corrected chi connectivity index (χ4v) is 2.46. The van der Waals surface area contributed by atoms with Crippen molar-refractivity contribution in [2.45, 2.75) is 12.8 Å². The van der Waals surface area contributed by atoms with Crippen molar-refractivity contribution in [1.29, 1.82) is 5.26 Å². The van der Waals surface area contributed by atoms with Crippen LogP contribution >= 0.6 is 0 Å². The van der Waals surface area contributed by atoms with Gasteiger partial charge < -0.3 is 10.6 Å². The third-order valence-corrected chi connectivity index (χ3v) is 3.48. The van der Waals surface area contributed by atoms with E-state index in [-0.39, 0.29) is 5.95 Å². The minimum absolute atomic E-state index is 0.220. The first-order valence-electron chi connectivity index (χ1n) is 6.51. The van der Waals surface area contributed by atoms with Crippen LogP contribution < -0.4 is 10.6 Å². The van der Waals surface area contributed by atoms with Crippen LogP contribution in [0.5, 0.6) is 0 Å². The molecule has 7 nitrogen and oxygen atoms in total. The molecule has 0 radical (unpaired) electrons. The second kappa shape index (κ2) is 4.81. The molecule has 2 aromatic heterocycles. The first-order valence-corrected chi connectivity index (χ1v) is 6.51. The van der Waals surface area contributed by atoms with Gasteiger partial charge in [0.25, 0.3) is 0 Å². The second-order valence-corrected chi connectivity index (χ2v) is 4.81. The van der Waals surface area contributed by atoms with Gasteiger partial charge in [0.1, 0.15) is 17.6 Å². The molecule has 20 heavy (non-hydrogen) atoms. The highest BCUT2D eigenvalue weighted by Crippen LogP contribution is 2.26. The Labute approximate surface area is 116 Å². The smallest absolute Gasteiger partial charge is 0.222 e. The van der Waals surface area contributed by atoms with E-state index in [0.29, 0.717) is 17.0 Å². The van der Waals surface area contributed by atoms with Crippen LogP contribution in [0.3, 0.4) is 0 Å². The van der Waals surface area contributed by atoms with Crippen LogP contribution in [0.1, 0.15) is 18.5 Å². The summed E-state index contributed by atoms with van der Waals surface area (Å²) in [7, 11) is 1.73. The summed E-state index contributed by atoms with van der Waals surface area (Å²) in [4.78, 5) is 10.7. The van der Waals surface area contributed by atoms with Crippen molar-refractivity contribution in [2.24, 2.45) is 7.05 Å². The van der Waals surface area contributed by atoms with Gasteiger partial charge in [0.05, 0.1) is 17.5 Å². The number of anilines is 2. The number of hydrogen-bond donors (Lipinski definition) is 1. The number of hydrogen-bond acceptors (Lipinski definition) is 6. The number of aromatic nitrogens is 4. The van der Waals surface area contributed by atoms with Crippen LogP contribution in [0.15, 0.2) is 12.3 Å². The maximum absolute atomic E-state index is 9.20. The van der Waals surface area contributed by atoms with Gasteiger partial charge in [0, 0.05) is 26.2 Å². The Morgan fingerprint density at radius 2 is 2.05 bits per heavy atom. The molecule has 0 atom stereocenters. The van der Waals surface area contributed by atoms with Gasteiger partial charge in [-0.1, -0.05) is 0 Å². The molecule has 0 aromatic carbocycles. The number of nitrogen functional groups attached to an aromatic ring is 1. The number of nitrogens with two attached hydrogens (primary N) is 1. The summed E-state index contributed by atoms with van der Waals surface area (Å²) < 4.78 is 1.53. The molecule has 1 saturated heterocycles. The van der Waals surface area contributed by atoms with Crippen molar-refractivity contribution in [3.63, 3.8) is 0 Å². The maximum atomic E-state index is 9.20. The molecule has 0 amide bonds. The van der Waals surface area contributed by atoms with E-state index in [1.165, 1.54) is 4.68 Å². The summed E-state index contributed by atoms with van der Waals surface area (Å²) in [6, 6.07) is 4.01. The van der Waals surface area contributed by atoms with E-state index >= 15 is 0 Å². The van der Waals surface area contributed by atoms with E-state index in [1.807, 2.05) is 6.07 Å². The topological polar surface area (TPSA) is 96.7 Å². The first kappa shape index (κ1) is 12.4. The fraction of sp³-hybridized carbons (Fsp3) is 0.385. The highest BCUT2D eigenvalue weighted by Gasteiger charge is 2.18. The highest BCUT2D eigenvalue weighted by molar-refractivity contribution is 5.68. The predicted molar refractivity (Wildman–Crippen MR) is 74.8 cm³/mol. The number of rotatable bonds is 2. The Kier molecular flexibility index (Phi) is 2.99. The molecular formula is C13H15N7. The summed E-state index contributed by atoms with van der Waals surface area (Å²) in [6.45, 7) is 1.96. The normalized spacial score (nSPS) is 14.5. The number of nitriles is 1. The molecule has 0 saturated carbocycles. The molecule has 2 N–H and O–H groups in total. The van der Waals surface area contributed by atoms with Gasteiger partial charge in [-0.2, -0.15) is 15.3 Å². The van der Waals surface area contributed by atoms with Crippen LogP contribution in [0.2, 0.25) is 0 Å². The van der Waals surface area contributed by atoms with Gasteiger partial charge >= 0.3 is 0 Å². The van der Waals surface area contributed by atoms with Crippen LogP contribution in [0.25, 0.3) is 11.3 Å². The molecule has 1 aliphatic heterocycles. The predicted octanol–water partition coefficient (Wildman–Crippen LogP) is 0.931. The standard InChI is InChI=1S/C13H15N7/c1-19-11(7-14)9(8-16-19)10-6-12(18-13(15)17-10)20-4-2-3-5-20/h6,8H,2-5H2,1H3,(H2,15,17,18). The molecule has 1 aliphatic rings. The lowest BCUT2D eigenvalue weighted by molar-refractivity contribution is 0.756. The number of aryl methyl sites for hydroxylation is 1. The molecular weight excluding hydrogens is 254 g/mol. The molecule has 2 aromatic rings. The average molecular weight is 269 g/mol. The summed E-state index contributed by atoms with van der Waals surface area (Å²) in [5.74, 6) is 1.04. The van der Waals surface area contributed by atoms with Crippen LogP contribution in [0, 0.1) is 11.3 Å². The summed E-state index contributed by atoms with van der Waals surface area (Å²) in [6.07, 6.45) is 3.96.